The van der Waals surface area contributed by atoms with Gasteiger partial charge in [-0.25, -0.2) is 23.4 Å². The number of hydrogen-bond donors (Lipinski definition) is 4. The van der Waals surface area contributed by atoms with Crippen molar-refractivity contribution in [2.24, 2.45) is 5.92 Å². The van der Waals surface area contributed by atoms with E-state index in [0.29, 0.717) is 33.6 Å². The minimum atomic E-state index is -1.15. The van der Waals surface area contributed by atoms with E-state index in [9.17, 15) is 19.0 Å². The Morgan fingerprint density at radius 3 is 2.70 bits per heavy atom. The average molecular weight is 535 g/mol. The highest BCUT2D eigenvalue weighted by Crippen LogP contribution is 2.44. The van der Waals surface area contributed by atoms with Crippen LogP contribution in [0.1, 0.15) is 43.2 Å². The molecule has 0 aliphatic heterocycles. The highest BCUT2D eigenvalue weighted by Gasteiger charge is 2.45. The number of hydrogen-bond acceptors (Lipinski definition) is 10. The number of ether oxygens (including phenoxy) is 1. The first kappa shape index (κ1) is 24.9. The SMILES string of the molecule is OCCO[C@@H]1C[C@H](n2nnc3c(N[C@@H]4C[C@H]4c4ccc(F)c(F)c4)nc(SCC4CC4)nc32)[C@@H](O)[C@H]1O. The number of thioether (sulfide) groups is 1. The largest absolute Gasteiger partial charge is 0.394 e. The van der Waals surface area contributed by atoms with E-state index in [4.69, 9.17) is 19.8 Å². The summed E-state index contributed by atoms with van der Waals surface area (Å²) in [6, 6.07) is 3.30. The summed E-state index contributed by atoms with van der Waals surface area (Å²) in [7, 11) is 0. The second-order valence-corrected chi connectivity index (χ2v) is 11.0. The normalized spacial score (nSPS) is 29.2. The number of aliphatic hydroxyl groups is 3. The van der Waals surface area contributed by atoms with Gasteiger partial charge in [0.15, 0.2) is 33.8 Å². The molecule has 3 fully saturated rings. The Morgan fingerprint density at radius 1 is 1.11 bits per heavy atom. The molecule has 2 heterocycles. The molecule has 37 heavy (non-hydrogen) atoms. The van der Waals surface area contributed by atoms with Gasteiger partial charge >= 0.3 is 0 Å². The zero-order valence-electron chi connectivity index (χ0n) is 19.9. The first-order chi connectivity index (χ1) is 17.9. The third kappa shape index (κ3) is 5.02. The lowest BCUT2D eigenvalue weighted by Crippen LogP contribution is -2.33. The Bertz CT molecular complexity index is 1290. The van der Waals surface area contributed by atoms with E-state index < -0.39 is 36.0 Å². The molecule has 3 aliphatic rings. The van der Waals surface area contributed by atoms with E-state index in [1.807, 2.05) is 0 Å². The number of rotatable bonds is 10. The van der Waals surface area contributed by atoms with E-state index in [-0.39, 0.29) is 31.6 Å². The third-order valence-corrected chi connectivity index (χ3v) is 8.35. The van der Waals surface area contributed by atoms with Crippen molar-refractivity contribution in [1.82, 2.24) is 25.0 Å². The van der Waals surface area contributed by atoms with Gasteiger partial charge in [0, 0.05) is 24.1 Å². The summed E-state index contributed by atoms with van der Waals surface area (Å²) in [6.07, 6.45) is 0.452. The highest BCUT2D eigenvalue weighted by molar-refractivity contribution is 7.99. The van der Waals surface area contributed by atoms with Gasteiger partial charge in [-0.05, 0) is 42.9 Å². The fraction of sp³-hybridized carbons (Fsp3) is 0.583. The summed E-state index contributed by atoms with van der Waals surface area (Å²) in [4.78, 5) is 9.39. The monoisotopic (exact) mass is 534 g/mol. The maximum atomic E-state index is 13.7. The van der Waals surface area contributed by atoms with E-state index >= 15 is 0 Å². The molecule has 198 valence electrons. The number of nitrogens with zero attached hydrogens (tertiary/aromatic N) is 5. The quantitative estimate of drug-likeness (QED) is 0.226. The van der Waals surface area contributed by atoms with Crippen LogP contribution in [0.15, 0.2) is 23.4 Å². The predicted molar refractivity (Wildman–Crippen MR) is 130 cm³/mol. The number of benzene rings is 1. The van der Waals surface area contributed by atoms with Crippen molar-refractivity contribution in [2.45, 2.75) is 67.2 Å². The minimum absolute atomic E-state index is 0.00830. The molecule has 4 N–H and O–H groups in total. The molecule has 0 saturated heterocycles. The van der Waals surface area contributed by atoms with Gasteiger partial charge in [-0.15, -0.1) is 5.10 Å². The summed E-state index contributed by atoms with van der Waals surface area (Å²) in [5.41, 5.74) is 1.57. The summed E-state index contributed by atoms with van der Waals surface area (Å²) in [5, 5.41) is 42.8. The Kier molecular flexibility index (Phi) is 6.74. The number of fused-ring (bicyclic) bond motifs is 1. The Balaban J connectivity index is 1.28. The first-order valence-corrected chi connectivity index (χ1v) is 13.5. The molecule has 0 amide bonds. The van der Waals surface area contributed by atoms with Crippen molar-refractivity contribution in [1.29, 1.82) is 0 Å². The number of nitrogens with one attached hydrogen (secondary N) is 1. The van der Waals surface area contributed by atoms with Gasteiger partial charge in [-0.3, -0.25) is 0 Å². The first-order valence-electron chi connectivity index (χ1n) is 12.5. The molecule has 3 saturated carbocycles. The fourth-order valence-electron chi connectivity index (χ4n) is 4.90. The molecular formula is C24H28F2N6O4S. The molecule has 10 nitrogen and oxygen atoms in total. The van der Waals surface area contributed by atoms with Crippen molar-refractivity contribution in [3.05, 3.63) is 35.4 Å². The molecule has 3 aromatic rings. The number of halogens is 2. The number of aliphatic hydroxyl groups excluding tert-OH is 3. The molecule has 0 radical (unpaired) electrons. The Labute approximate surface area is 215 Å². The van der Waals surface area contributed by atoms with Crippen LogP contribution in [0.25, 0.3) is 11.2 Å². The molecular weight excluding hydrogens is 506 g/mol. The Morgan fingerprint density at radius 2 is 1.95 bits per heavy atom. The molecule has 0 unspecified atom stereocenters. The smallest absolute Gasteiger partial charge is 0.191 e. The van der Waals surface area contributed by atoms with Crippen LogP contribution in [-0.4, -0.2) is 83.6 Å². The van der Waals surface area contributed by atoms with E-state index in [0.717, 1.165) is 18.2 Å². The molecule has 13 heteroatoms. The highest BCUT2D eigenvalue weighted by atomic mass is 32.2. The molecule has 0 spiro atoms. The summed E-state index contributed by atoms with van der Waals surface area (Å²) in [6.45, 7) is -0.134. The van der Waals surface area contributed by atoms with Gasteiger partial charge in [-0.1, -0.05) is 23.0 Å². The number of aromatic nitrogens is 5. The van der Waals surface area contributed by atoms with Gasteiger partial charge < -0.3 is 25.4 Å². The van der Waals surface area contributed by atoms with Gasteiger partial charge in [-0.2, -0.15) is 0 Å². The maximum absolute atomic E-state index is 13.7. The van der Waals surface area contributed by atoms with Gasteiger partial charge in [0.2, 0.25) is 0 Å². The van der Waals surface area contributed by atoms with Crippen molar-refractivity contribution in [3.8, 4) is 0 Å². The van der Waals surface area contributed by atoms with Crippen LogP contribution in [0.5, 0.6) is 0 Å². The van der Waals surface area contributed by atoms with Crippen LogP contribution < -0.4 is 5.32 Å². The van der Waals surface area contributed by atoms with Crippen LogP contribution in [0.3, 0.4) is 0 Å². The molecule has 1 aromatic carbocycles. The Hall–Kier alpha value is -2.45. The fourth-order valence-corrected chi connectivity index (χ4v) is 5.92. The number of anilines is 1. The van der Waals surface area contributed by atoms with Gasteiger partial charge in [0.05, 0.1) is 25.4 Å². The average Bonchev–Trinajstić information content (AvgIpc) is 3.80. The third-order valence-electron chi connectivity index (χ3n) is 7.27. The lowest BCUT2D eigenvalue weighted by Gasteiger charge is -2.17. The predicted octanol–water partition coefficient (Wildman–Crippen LogP) is 2.01. The van der Waals surface area contributed by atoms with E-state index in [2.05, 4.69) is 15.6 Å². The van der Waals surface area contributed by atoms with Crippen molar-refractivity contribution >= 4 is 28.7 Å². The molecule has 6 rings (SSSR count). The van der Waals surface area contributed by atoms with Crippen molar-refractivity contribution < 1.29 is 28.8 Å². The molecule has 6 atom stereocenters. The zero-order chi connectivity index (χ0) is 25.7. The van der Waals surface area contributed by atoms with Crippen molar-refractivity contribution in [2.75, 3.05) is 24.3 Å². The van der Waals surface area contributed by atoms with Crippen LogP contribution >= 0.6 is 11.8 Å². The van der Waals surface area contributed by atoms with Crippen LogP contribution in [0.4, 0.5) is 14.6 Å². The molecule has 2 aromatic heterocycles. The summed E-state index contributed by atoms with van der Waals surface area (Å²) in [5.74, 6) is 0.312. The van der Waals surface area contributed by atoms with E-state index in [1.165, 1.54) is 23.6 Å². The van der Waals surface area contributed by atoms with Crippen LogP contribution in [-0.2, 0) is 4.74 Å². The van der Waals surface area contributed by atoms with Crippen LogP contribution in [0.2, 0.25) is 0 Å². The van der Waals surface area contributed by atoms with Crippen LogP contribution in [0, 0.1) is 17.6 Å². The topological polar surface area (TPSA) is 138 Å². The standard InChI is InChI=1S/C24H28F2N6O4S/c25-14-4-3-12(7-15(14)26)13-8-16(13)27-22-19-23(29-24(28-22)37-10-11-1-2-11)32(31-30-19)17-9-18(36-6-5-33)21(35)20(17)34/h3-4,7,11,13,16-18,20-21,33-35H,1-2,5-6,8-10H2,(H,27,28,29)/t13-,16+,17-,18+,20+,21-/m0/s1. The summed E-state index contributed by atoms with van der Waals surface area (Å²) >= 11 is 1.55. The zero-order valence-corrected chi connectivity index (χ0v) is 20.7. The lowest BCUT2D eigenvalue weighted by molar-refractivity contribution is -0.0629. The molecule has 0 bridgehead atoms. The van der Waals surface area contributed by atoms with E-state index in [1.54, 1.807) is 17.8 Å². The minimum Gasteiger partial charge on any atom is -0.394 e. The summed E-state index contributed by atoms with van der Waals surface area (Å²) < 4.78 is 34.1. The van der Waals surface area contributed by atoms with Crippen molar-refractivity contribution in [3.63, 3.8) is 0 Å². The van der Waals surface area contributed by atoms with Gasteiger partial charge in [0.25, 0.3) is 0 Å². The van der Waals surface area contributed by atoms with Gasteiger partial charge in [0.1, 0.15) is 12.2 Å². The lowest BCUT2D eigenvalue weighted by atomic mass is 10.1. The second-order valence-electron chi connectivity index (χ2n) is 10.00. The second kappa shape index (κ2) is 10.0. The maximum Gasteiger partial charge on any atom is 0.191 e. The molecule has 3 aliphatic carbocycles.